The van der Waals surface area contributed by atoms with Gasteiger partial charge >= 0.3 is 6.18 Å². The van der Waals surface area contributed by atoms with Gasteiger partial charge in [-0.05, 0) is 51.5 Å². The highest BCUT2D eigenvalue weighted by Crippen LogP contribution is 2.32. The van der Waals surface area contributed by atoms with Crippen LogP contribution in [0.15, 0.2) is 30.3 Å². The van der Waals surface area contributed by atoms with Crippen LogP contribution in [0.2, 0.25) is 0 Å². The van der Waals surface area contributed by atoms with Gasteiger partial charge < -0.3 is 9.29 Å². The first-order valence-electron chi connectivity index (χ1n) is 8.37. The zero-order valence-corrected chi connectivity index (χ0v) is 16.7. The molecule has 0 aliphatic carbocycles. The van der Waals surface area contributed by atoms with Crippen LogP contribution in [-0.4, -0.2) is 26.2 Å². The van der Waals surface area contributed by atoms with E-state index < -0.39 is 34.0 Å². The second-order valence-electron chi connectivity index (χ2n) is 7.18. The highest BCUT2D eigenvalue weighted by atomic mass is 32.2. The molecule has 2 aromatic rings. The molecular formula is C18H24F3N3O2S. The Kier molecular flexibility index (Phi) is 6.49. The van der Waals surface area contributed by atoms with E-state index in [9.17, 15) is 17.7 Å². The fourth-order valence-electron chi connectivity index (χ4n) is 2.30. The maximum atomic E-state index is 13.4. The zero-order valence-electron chi connectivity index (χ0n) is 15.9. The van der Waals surface area contributed by atoms with Crippen molar-refractivity contribution in [3.63, 3.8) is 0 Å². The molecule has 1 aromatic carbocycles. The molecule has 0 unspecified atom stereocenters. The highest BCUT2D eigenvalue weighted by molar-refractivity contribution is 7.90. The molecule has 1 heterocycles. The lowest BCUT2D eigenvalue weighted by atomic mass is 10.2. The third kappa shape index (κ3) is 5.63. The maximum absolute atomic E-state index is 13.4. The number of benzene rings is 1. The van der Waals surface area contributed by atoms with Crippen molar-refractivity contribution < 1.29 is 22.5 Å². The SMILES string of the molecule is COc1ccc(Cn2nc([C@@H](C)N[S@+]([O-])C(C)(C)C)cc2C(F)(F)F)cc1. The summed E-state index contributed by atoms with van der Waals surface area (Å²) in [6.45, 7) is 6.96. The van der Waals surface area contributed by atoms with Crippen molar-refractivity contribution in [1.82, 2.24) is 14.5 Å². The van der Waals surface area contributed by atoms with Crippen LogP contribution in [0.25, 0.3) is 0 Å². The van der Waals surface area contributed by atoms with Crippen LogP contribution < -0.4 is 9.46 Å². The number of halogens is 3. The van der Waals surface area contributed by atoms with Crippen LogP contribution in [0, 0.1) is 0 Å². The van der Waals surface area contributed by atoms with Gasteiger partial charge in [-0.3, -0.25) is 4.68 Å². The van der Waals surface area contributed by atoms with Crippen molar-refractivity contribution in [2.45, 2.75) is 51.2 Å². The third-order valence-corrected chi connectivity index (χ3v) is 5.54. The molecule has 0 amide bonds. The molecule has 0 aliphatic rings. The quantitative estimate of drug-likeness (QED) is 0.739. The van der Waals surface area contributed by atoms with Crippen LogP contribution in [0.5, 0.6) is 5.75 Å². The minimum absolute atomic E-state index is 0.0338. The largest absolute Gasteiger partial charge is 0.598 e. The van der Waals surface area contributed by atoms with Crippen molar-refractivity contribution in [3.05, 3.63) is 47.3 Å². The number of hydrogen-bond acceptors (Lipinski definition) is 4. The number of hydrogen-bond donors (Lipinski definition) is 1. The number of nitrogens with zero attached hydrogens (tertiary/aromatic N) is 2. The van der Waals surface area contributed by atoms with Gasteiger partial charge in [-0.2, -0.15) is 18.3 Å². The second kappa shape index (κ2) is 8.12. The molecule has 0 spiro atoms. The van der Waals surface area contributed by atoms with Gasteiger partial charge in [-0.15, -0.1) is 4.72 Å². The lowest BCUT2D eigenvalue weighted by Crippen LogP contribution is -2.40. The van der Waals surface area contributed by atoms with Crippen LogP contribution in [0.4, 0.5) is 13.2 Å². The predicted molar refractivity (Wildman–Crippen MR) is 98.8 cm³/mol. The summed E-state index contributed by atoms with van der Waals surface area (Å²) in [7, 11) is 1.52. The Morgan fingerprint density at radius 1 is 1.22 bits per heavy atom. The summed E-state index contributed by atoms with van der Waals surface area (Å²) < 4.78 is 60.8. The van der Waals surface area contributed by atoms with Gasteiger partial charge in [0.2, 0.25) is 0 Å². The summed E-state index contributed by atoms with van der Waals surface area (Å²) in [4.78, 5) is 0. The number of rotatable bonds is 6. The van der Waals surface area contributed by atoms with E-state index in [1.807, 2.05) is 0 Å². The minimum Gasteiger partial charge on any atom is -0.598 e. The van der Waals surface area contributed by atoms with Crippen LogP contribution in [-0.2, 0) is 24.1 Å². The Bertz CT molecular complexity index is 755. The molecule has 27 heavy (non-hydrogen) atoms. The van der Waals surface area contributed by atoms with Crippen molar-refractivity contribution in [1.29, 1.82) is 0 Å². The third-order valence-electron chi connectivity index (χ3n) is 3.86. The number of aromatic nitrogens is 2. The Labute approximate surface area is 160 Å². The molecule has 2 rings (SSSR count). The molecule has 0 bridgehead atoms. The summed E-state index contributed by atoms with van der Waals surface area (Å²) in [5, 5.41) is 4.12. The molecular weight excluding hydrogens is 379 g/mol. The lowest BCUT2D eigenvalue weighted by molar-refractivity contribution is -0.144. The summed E-state index contributed by atoms with van der Waals surface area (Å²) in [5.74, 6) is 0.624. The van der Waals surface area contributed by atoms with E-state index >= 15 is 0 Å². The Morgan fingerprint density at radius 3 is 2.30 bits per heavy atom. The molecule has 0 radical (unpaired) electrons. The number of ether oxygens (including phenoxy) is 1. The summed E-state index contributed by atoms with van der Waals surface area (Å²) in [6.07, 6.45) is -4.54. The molecule has 5 nitrogen and oxygen atoms in total. The van der Waals surface area contributed by atoms with Crippen LogP contribution >= 0.6 is 0 Å². The smallest absolute Gasteiger partial charge is 0.433 e. The van der Waals surface area contributed by atoms with E-state index in [1.54, 1.807) is 52.0 Å². The van der Waals surface area contributed by atoms with Gasteiger partial charge in [0.05, 0.1) is 25.4 Å². The van der Waals surface area contributed by atoms with E-state index in [0.29, 0.717) is 11.3 Å². The highest BCUT2D eigenvalue weighted by Gasteiger charge is 2.37. The van der Waals surface area contributed by atoms with Gasteiger partial charge in [0, 0.05) is 11.4 Å². The average Bonchev–Trinajstić information content (AvgIpc) is 2.99. The molecule has 1 aromatic heterocycles. The monoisotopic (exact) mass is 403 g/mol. The predicted octanol–water partition coefficient (Wildman–Crippen LogP) is 4.07. The molecule has 0 saturated heterocycles. The maximum Gasteiger partial charge on any atom is 0.433 e. The molecule has 2 atom stereocenters. The Morgan fingerprint density at radius 2 is 1.81 bits per heavy atom. The first-order valence-corrected chi connectivity index (χ1v) is 9.52. The summed E-state index contributed by atoms with van der Waals surface area (Å²) in [5.41, 5.74) is 0.00627. The van der Waals surface area contributed by atoms with E-state index in [0.717, 1.165) is 10.7 Å². The normalized spacial score (nSPS) is 14.9. The Hall–Kier alpha value is -1.71. The average molecular weight is 403 g/mol. The van der Waals surface area contributed by atoms with Gasteiger partial charge in [-0.25, -0.2) is 0 Å². The number of methoxy groups -OCH3 is 1. The minimum atomic E-state index is -4.54. The number of alkyl halides is 3. The van der Waals surface area contributed by atoms with Crippen molar-refractivity contribution in [2.75, 3.05) is 7.11 Å². The topological polar surface area (TPSA) is 62.1 Å². The molecule has 1 N–H and O–H groups in total. The summed E-state index contributed by atoms with van der Waals surface area (Å²) in [6, 6.07) is 7.16. The van der Waals surface area contributed by atoms with E-state index in [4.69, 9.17) is 4.74 Å². The molecule has 0 fully saturated rings. The van der Waals surface area contributed by atoms with Gasteiger partial charge in [0.15, 0.2) is 0 Å². The van der Waals surface area contributed by atoms with Crippen LogP contribution in [0.3, 0.4) is 0 Å². The zero-order chi connectivity index (χ0) is 20.4. The van der Waals surface area contributed by atoms with Crippen molar-refractivity contribution in [2.24, 2.45) is 0 Å². The second-order valence-corrected chi connectivity index (χ2v) is 9.18. The molecule has 0 aliphatic heterocycles. The standard InChI is InChI=1S/C18H24F3N3O2S/c1-12(23-27(25)17(2,3)4)15-10-16(18(19,20)21)24(22-15)11-13-6-8-14(26-5)9-7-13/h6-10,12,23H,11H2,1-5H3/t12-,27-/m1/s1. The lowest BCUT2D eigenvalue weighted by Gasteiger charge is -2.25. The van der Waals surface area contributed by atoms with Gasteiger partial charge in [0.25, 0.3) is 0 Å². The first kappa shape index (κ1) is 21.6. The van der Waals surface area contributed by atoms with Gasteiger partial charge in [-0.1, -0.05) is 12.1 Å². The van der Waals surface area contributed by atoms with Crippen molar-refractivity contribution >= 4 is 11.4 Å². The van der Waals surface area contributed by atoms with Crippen molar-refractivity contribution in [3.8, 4) is 5.75 Å². The fraction of sp³-hybridized carbons (Fsp3) is 0.500. The summed E-state index contributed by atoms with van der Waals surface area (Å²) >= 11 is -1.42. The van der Waals surface area contributed by atoms with E-state index in [-0.39, 0.29) is 12.2 Å². The Balaban J connectivity index is 2.28. The molecule has 150 valence electrons. The first-order chi connectivity index (χ1) is 12.4. The number of nitrogens with one attached hydrogen (secondary N) is 1. The fourth-order valence-corrected chi connectivity index (χ4v) is 3.09. The van der Waals surface area contributed by atoms with E-state index in [2.05, 4.69) is 9.82 Å². The van der Waals surface area contributed by atoms with Gasteiger partial charge in [0.1, 0.15) is 16.2 Å². The van der Waals surface area contributed by atoms with Crippen LogP contribution in [0.1, 0.15) is 50.7 Å². The van der Waals surface area contributed by atoms with E-state index in [1.165, 1.54) is 7.11 Å². The molecule has 0 saturated carbocycles. The molecule has 9 heteroatoms.